The number of carbonyl (C=O) groups is 3. The van der Waals surface area contributed by atoms with E-state index in [9.17, 15) is 18.8 Å². The van der Waals surface area contributed by atoms with E-state index < -0.39 is 23.7 Å². The third-order valence-electron chi connectivity index (χ3n) is 2.25. The van der Waals surface area contributed by atoms with Gasteiger partial charge < -0.3 is 10.4 Å². The number of aryl methyl sites for hydroxylation is 1. The van der Waals surface area contributed by atoms with Gasteiger partial charge in [-0.15, -0.1) is 0 Å². The molecule has 0 heterocycles. The number of urea groups is 1. The predicted molar refractivity (Wildman–Crippen MR) is 65.2 cm³/mol. The summed E-state index contributed by atoms with van der Waals surface area (Å²) in [5, 5.41) is 12.6. The number of carbonyl (C=O) groups excluding carboxylic acids is 2. The smallest absolute Gasteiger partial charge is 0.325 e. The van der Waals surface area contributed by atoms with E-state index in [1.165, 1.54) is 12.1 Å². The molecular formula is C12H13FN2O4. The van der Waals surface area contributed by atoms with Crippen molar-refractivity contribution in [3.05, 3.63) is 29.6 Å². The van der Waals surface area contributed by atoms with Crippen molar-refractivity contribution in [1.82, 2.24) is 5.32 Å². The van der Waals surface area contributed by atoms with Crippen LogP contribution in [0.2, 0.25) is 0 Å². The summed E-state index contributed by atoms with van der Waals surface area (Å²) in [6.07, 6.45) is -0.663. The third-order valence-corrected chi connectivity index (χ3v) is 2.25. The van der Waals surface area contributed by atoms with Crippen LogP contribution in [0.25, 0.3) is 0 Å². The lowest BCUT2D eigenvalue weighted by Gasteiger charge is -2.07. The van der Waals surface area contributed by atoms with Gasteiger partial charge in [-0.25, -0.2) is 9.18 Å². The summed E-state index contributed by atoms with van der Waals surface area (Å²) in [4.78, 5) is 32.7. The molecule has 0 spiro atoms. The van der Waals surface area contributed by atoms with Crippen molar-refractivity contribution < 1.29 is 23.9 Å². The minimum atomic E-state index is -1.13. The maximum Gasteiger partial charge on any atom is 0.325 e. The quantitative estimate of drug-likeness (QED) is 0.773. The molecule has 0 atom stereocenters. The number of carboxylic acids is 1. The molecule has 0 fully saturated rings. The molecule has 1 aromatic rings. The first-order valence-electron chi connectivity index (χ1n) is 5.47. The number of benzene rings is 1. The fraction of sp³-hybridized carbons (Fsp3) is 0.250. The minimum absolute atomic E-state index is 0.201. The van der Waals surface area contributed by atoms with E-state index in [2.05, 4.69) is 5.32 Å². The second kappa shape index (κ2) is 6.48. The maximum absolute atomic E-state index is 13.2. The Morgan fingerprint density at radius 1 is 1.26 bits per heavy atom. The van der Waals surface area contributed by atoms with Crippen LogP contribution in [-0.2, 0) is 9.59 Å². The zero-order valence-electron chi connectivity index (χ0n) is 10.2. The highest BCUT2D eigenvalue weighted by atomic mass is 19.1. The van der Waals surface area contributed by atoms with Gasteiger partial charge in [-0.2, -0.15) is 0 Å². The second-order valence-corrected chi connectivity index (χ2v) is 3.86. The van der Waals surface area contributed by atoms with E-state index in [4.69, 9.17) is 5.11 Å². The standard InChI is InChI=1S/C12H13FN2O4/c1-7-2-3-8(6-9(7)13)14-12(19)15-10(16)4-5-11(17)18/h2-3,6H,4-5H2,1H3,(H,17,18)(H2,14,15,16,19). The van der Waals surface area contributed by atoms with Crippen LogP contribution in [0.5, 0.6) is 0 Å². The minimum Gasteiger partial charge on any atom is -0.481 e. The van der Waals surface area contributed by atoms with Gasteiger partial charge in [-0.05, 0) is 24.6 Å². The highest BCUT2D eigenvalue weighted by Crippen LogP contribution is 2.13. The monoisotopic (exact) mass is 268 g/mol. The Balaban J connectivity index is 2.48. The molecule has 0 saturated carbocycles. The lowest BCUT2D eigenvalue weighted by atomic mass is 10.2. The van der Waals surface area contributed by atoms with Gasteiger partial charge in [-0.1, -0.05) is 6.07 Å². The zero-order valence-corrected chi connectivity index (χ0v) is 10.2. The van der Waals surface area contributed by atoms with E-state index >= 15 is 0 Å². The molecule has 1 aromatic carbocycles. The molecule has 0 saturated heterocycles. The summed E-state index contributed by atoms with van der Waals surface area (Å²) < 4.78 is 13.2. The van der Waals surface area contributed by atoms with E-state index in [0.29, 0.717) is 5.56 Å². The molecule has 1 rings (SSSR count). The number of anilines is 1. The average molecular weight is 268 g/mol. The molecule has 19 heavy (non-hydrogen) atoms. The van der Waals surface area contributed by atoms with Crippen LogP contribution in [0.1, 0.15) is 18.4 Å². The first kappa shape index (κ1) is 14.6. The summed E-state index contributed by atoms with van der Waals surface area (Å²) in [6.45, 7) is 1.58. The second-order valence-electron chi connectivity index (χ2n) is 3.86. The Morgan fingerprint density at radius 2 is 1.95 bits per heavy atom. The van der Waals surface area contributed by atoms with Crippen LogP contribution in [0, 0.1) is 12.7 Å². The Hall–Kier alpha value is -2.44. The lowest BCUT2D eigenvalue weighted by Crippen LogP contribution is -2.34. The van der Waals surface area contributed by atoms with Crippen molar-refractivity contribution in [2.45, 2.75) is 19.8 Å². The molecule has 6 nitrogen and oxygen atoms in total. The van der Waals surface area contributed by atoms with E-state index in [0.717, 1.165) is 6.07 Å². The number of halogens is 1. The van der Waals surface area contributed by atoms with Gasteiger partial charge in [0.05, 0.1) is 6.42 Å². The molecule has 3 amide bonds. The topological polar surface area (TPSA) is 95.5 Å². The van der Waals surface area contributed by atoms with Crippen LogP contribution in [0.3, 0.4) is 0 Å². The molecule has 7 heteroatoms. The van der Waals surface area contributed by atoms with E-state index in [1.54, 1.807) is 6.92 Å². The molecule has 0 unspecified atom stereocenters. The van der Waals surface area contributed by atoms with Crippen LogP contribution >= 0.6 is 0 Å². The number of rotatable bonds is 4. The zero-order chi connectivity index (χ0) is 14.4. The molecule has 0 aliphatic rings. The Kier molecular flexibility index (Phi) is 4.99. The number of hydrogen-bond acceptors (Lipinski definition) is 3. The largest absolute Gasteiger partial charge is 0.481 e. The van der Waals surface area contributed by atoms with Crippen LogP contribution in [0.4, 0.5) is 14.9 Å². The van der Waals surface area contributed by atoms with Crippen molar-refractivity contribution in [2.75, 3.05) is 5.32 Å². The van der Waals surface area contributed by atoms with Crippen molar-refractivity contribution in [2.24, 2.45) is 0 Å². The molecule has 102 valence electrons. The fourth-order valence-electron chi connectivity index (χ4n) is 1.24. The van der Waals surface area contributed by atoms with E-state index in [1.807, 2.05) is 5.32 Å². The summed E-state index contributed by atoms with van der Waals surface area (Å²) in [7, 11) is 0. The Bertz CT molecular complexity index is 516. The predicted octanol–water partition coefficient (Wildman–Crippen LogP) is 1.65. The van der Waals surface area contributed by atoms with Crippen molar-refractivity contribution >= 4 is 23.6 Å². The number of imide groups is 1. The fourth-order valence-corrected chi connectivity index (χ4v) is 1.24. The average Bonchev–Trinajstić information content (AvgIpc) is 2.31. The van der Waals surface area contributed by atoms with Crippen molar-refractivity contribution in [1.29, 1.82) is 0 Å². The summed E-state index contributed by atoms with van der Waals surface area (Å²) in [5.41, 5.74) is 0.634. The van der Waals surface area contributed by atoms with Crippen LogP contribution in [-0.4, -0.2) is 23.0 Å². The van der Waals surface area contributed by atoms with Gasteiger partial charge >= 0.3 is 12.0 Å². The number of nitrogens with one attached hydrogen (secondary N) is 2. The number of hydrogen-bond donors (Lipinski definition) is 3. The third kappa shape index (κ3) is 5.15. The van der Waals surface area contributed by atoms with Crippen molar-refractivity contribution in [3.8, 4) is 0 Å². The highest BCUT2D eigenvalue weighted by molar-refractivity contribution is 6.01. The molecule has 0 aromatic heterocycles. The number of aliphatic carboxylic acids is 1. The van der Waals surface area contributed by atoms with Gasteiger partial charge in [0.1, 0.15) is 5.82 Å². The maximum atomic E-state index is 13.2. The van der Waals surface area contributed by atoms with Crippen LogP contribution in [0.15, 0.2) is 18.2 Å². The van der Waals surface area contributed by atoms with Crippen molar-refractivity contribution in [3.63, 3.8) is 0 Å². The van der Waals surface area contributed by atoms with Gasteiger partial charge in [0.2, 0.25) is 5.91 Å². The Morgan fingerprint density at radius 3 is 2.53 bits per heavy atom. The first-order chi connectivity index (χ1) is 8.88. The van der Waals surface area contributed by atoms with Gasteiger partial charge in [0.25, 0.3) is 0 Å². The number of carboxylic acid groups (broad SMARTS) is 1. The molecule has 0 radical (unpaired) electrons. The van der Waals surface area contributed by atoms with Crippen LogP contribution < -0.4 is 10.6 Å². The molecule has 0 aliphatic heterocycles. The first-order valence-corrected chi connectivity index (χ1v) is 5.47. The summed E-state index contributed by atoms with van der Waals surface area (Å²) >= 11 is 0. The molecule has 0 bridgehead atoms. The number of amides is 3. The molecule has 0 aliphatic carbocycles. The van der Waals surface area contributed by atoms with E-state index in [-0.39, 0.29) is 18.5 Å². The normalized spacial score (nSPS) is 9.79. The lowest BCUT2D eigenvalue weighted by molar-refractivity contribution is -0.138. The molecule has 3 N–H and O–H groups in total. The summed E-state index contributed by atoms with van der Waals surface area (Å²) in [6, 6.07) is 3.26. The summed E-state index contributed by atoms with van der Waals surface area (Å²) in [5.74, 6) is -2.32. The molecular weight excluding hydrogens is 255 g/mol. The SMILES string of the molecule is Cc1ccc(NC(=O)NC(=O)CCC(=O)O)cc1F. The highest BCUT2D eigenvalue weighted by Gasteiger charge is 2.10. The van der Waals surface area contributed by atoms with Gasteiger partial charge in [-0.3, -0.25) is 14.9 Å². The Labute approximate surface area is 108 Å². The van der Waals surface area contributed by atoms with Gasteiger partial charge in [0.15, 0.2) is 0 Å². The van der Waals surface area contributed by atoms with Gasteiger partial charge in [0, 0.05) is 12.1 Å².